The second kappa shape index (κ2) is 7.21. The molecule has 0 radical (unpaired) electrons. The number of furan rings is 1. The van der Waals surface area contributed by atoms with E-state index >= 15 is 0 Å². The Bertz CT molecular complexity index is 834. The fraction of sp³-hybridized carbons (Fsp3) is 0.250. The van der Waals surface area contributed by atoms with Gasteiger partial charge in [-0.3, -0.25) is 4.79 Å². The minimum atomic E-state index is -0.247. The molecule has 3 rings (SSSR count). The van der Waals surface area contributed by atoms with E-state index in [4.69, 9.17) is 9.15 Å². The van der Waals surface area contributed by atoms with Crippen LogP contribution in [0.1, 0.15) is 35.9 Å². The number of carbonyl (C=O) groups is 1. The molecule has 0 fully saturated rings. The second-order valence-corrected chi connectivity index (χ2v) is 5.73. The molecule has 124 valence electrons. The Hall–Kier alpha value is -2.75. The number of hydrogen-bond acceptors (Lipinski definition) is 3. The third kappa shape index (κ3) is 3.43. The highest BCUT2D eigenvalue weighted by atomic mass is 16.5. The summed E-state index contributed by atoms with van der Waals surface area (Å²) in [5.41, 5.74) is 2.28. The zero-order valence-corrected chi connectivity index (χ0v) is 14.0. The molecular formula is C20H21NO3. The van der Waals surface area contributed by atoms with Gasteiger partial charge in [0, 0.05) is 16.6 Å². The van der Waals surface area contributed by atoms with E-state index in [2.05, 4.69) is 12.2 Å². The van der Waals surface area contributed by atoms with Gasteiger partial charge in [0.2, 0.25) is 0 Å². The van der Waals surface area contributed by atoms with Gasteiger partial charge in [0.05, 0.1) is 6.61 Å². The maximum Gasteiger partial charge on any atom is 0.291 e. The number of anilines is 1. The summed E-state index contributed by atoms with van der Waals surface area (Å²) in [5.74, 6) is 0.907. The zero-order valence-electron chi connectivity index (χ0n) is 14.0. The van der Waals surface area contributed by atoms with Gasteiger partial charge in [-0.2, -0.15) is 0 Å². The number of fused-ring (bicyclic) bond motifs is 1. The van der Waals surface area contributed by atoms with Crippen molar-refractivity contribution in [3.63, 3.8) is 0 Å². The van der Waals surface area contributed by atoms with Crippen LogP contribution in [0.2, 0.25) is 0 Å². The van der Waals surface area contributed by atoms with Gasteiger partial charge in [-0.05, 0) is 43.7 Å². The van der Waals surface area contributed by atoms with Crippen LogP contribution in [0.4, 0.5) is 5.69 Å². The van der Waals surface area contributed by atoms with Gasteiger partial charge in [0.15, 0.2) is 5.76 Å². The van der Waals surface area contributed by atoms with Crippen LogP contribution >= 0.6 is 0 Å². The van der Waals surface area contributed by atoms with Crippen molar-refractivity contribution in [1.82, 2.24) is 0 Å². The first kappa shape index (κ1) is 16.1. The van der Waals surface area contributed by atoms with Crippen LogP contribution in [0.5, 0.6) is 5.75 Å². The maximum absolute atomic E-state index is 12.5. The molecular weight excluding hydrogens is 302 g/mol. The van der Waals surface area contributed by atoms with E-state index in [1.54, 1.807) is 0 Å². The van der Waals surface area contributed by atoms with Crippen LogP contribution in [0.15, 0.2) is 52.9 Å². The molecule has 4 heteroatoms. The van der Waals surface area contributed by atoms with Crippen molar-refractivity contribution in [3.8, 4) is 5.75 Å². The molecule has 1 amide bonds. The molecule has 4 nitrogen and oxygen atoms in total. The average molecular weight is 323 g/mol. The van der Waals surface area contributed by atoms with Crippen LogP contribution in [0.3, 0.4) is 0 Å². The average Bonchev–Trinajstić information content (AvgIpc) is 2.94. The molecule has 1 N–H and O–H groups in total. The Morgan fingerprint density at radius 2 is 1.88 bits per heavy atom. The van der Waals surface area contributed by atoms with Gasteiger partial charge in [0.1, 0.15) is 11.3 Å². The number of benzene rings is 2. The van der Waals surface area contributed by atoms with E-state index < -0.39 is 0 Å². The normalized spacial score (nSPS) is 10.8. The predicted molar refractivity (Wildman–Crippen MR) is 95.7 cm³/mol. The van der Waals surface area contributed by atoms with Gasteiger partial charge in [-0.15, -0.1) is 0 Å². The molecule has 0 spiro atoms. The molecule has 24 heavy (non-hydrogen) atoms. The molecule has 0 saturated heterocycles. The number of hydrogen-bond donors (Lipinski definition) is 1. The highest BCUT2D eigenvalue weighted by Crippen LogP contribution is 2.26. The number of para-hydroxylation sites is 1. The minimum Gasteiger partial charge on any atom is -0.494 e. The summed E-state index contributed by atoms with van der Waals surface area (Å²) in [6, 6.07) is 15.0. The van der Waals surface area contributed by atoms with Crippen molar-refractivity contribution in [3.05, 3.63) is 59.9 Å². The molecule has 2 aromatic carbocycles. The summed E-state index contributed by atoms with van der Waals surface area (Å²) in [5, 5.41) is 3.83. The van der Waals surface area contributed by atoms with Gasteiger partial charge in [0.25, 0.3) is 5.91 Å². The van der Waals surface area contributed by atoms with Gasteiger partial charge < -0.3 is 14.5 Å². The predicted octanol–water partition coefficient (Wildman–Crippen LogP) is 5.17. The third-order valence-corrected chi connectivity index (χ3v) is 3.93. The first-order valence-electron chi connectivity index (χ1n) is 8.21. The summed E-state index contributed by atoms with van der Waals surface area (Å²) in [4.78, 5) is 12.5. The summed E-state index contributed by atoms with van der Waals surface area (Å²) in [6.45, 7) is 4.73. The smallest absolute Gasteiger partial charge is 0.291 e. The van der Waals surface area contributed by atoms with Gasteiger partial charge in [-0.1, -0.05) is 31.5 Å². The number of nitrogens with one attached hydrogen (secondary N) is 1. The van der Waals surface area contributed by atoms with Crippen molar-refractivity contribution in [1.29, 1.82) is 0 Å². The van der Waals surface area contributed by atoms with E-state index in [0.717, 1.165) is 35.1 Å². The Morgan fingerprint density at radius 3 is 2.58 bits per heavy atom. The largest absolute Gasteiger partial charge is 0.494 e. The van der Waals surface area contributed by atoms with E-state index in [1.807, 2.05) is 55.5 Å². The molecule has 0 aliphatic heterocycles. The van der Waals surface area contributed by atoms with Crippen molar-refractivity contribution >= 4 is 22.6 Å². The molecule has 3 aromatic rings. The fourth-order valence-electron chi connectivity index (χ4n) is 2.55. The lowest BCUT2D eigenvalue weighted by Gasteiger charge is -2.07. The Kier molecular flexibility index (Phi) is 4.85. The number of unbranched alkanes of at least 4 members (excludes halogenated alkanes) is 1. The van der Waals surface area contributed by atoms with Crippen LogP contribution in [-0.2, 0) is 0 Å². The molecule has 1 heterocycles. The number of amides is 1. The molecule has 0 bridgehead atoms. The second-order valence-electron chi connectivity index (χ2n) is 5.73. The minimum absolute atomic E-state index is 0.247. The Morgan fingerprint density at radius 1 is 1.12 bits per heavy atom. The SMILES string of the molecule is CCCCOc1ccc(NC(=O)c2oc3ccccc3c2C)cc1. The monoisotopic (exact) mass is 323 g/mol. The lowest BCUT2D eigenvalue weighted by Crippen LogP contribution is -2.12. The summed E-state index contributed by atoms with van der Waals surface area (Å²) in [7, 11) is 0. The molecule has 0 unspecified atom stereocenters. The number of carbonyl (C=O) groups excluding carboxylic acids is 1. The fourth-order valence-corrected chi connectivity index (χ4v) is 2.55. The number of aryl methyl sites for hydroxylation is 1. The molecule has 1 aromatic heterocycles. The van der Waals surface area contributed by atoms with Crippen molar-refractivity contribution < 1.29 is 13.9 Å². The first-order valence-corrected chi connectivity index (χ1v) is 8.21. The number of rotatable bonds is 6. The summed E-state index contributed by atoms with van der Waals surface area (Å²) in [6.07, 6.45) is 2.13. The highest BCUT2D eigenvalue weighted by molar-refractivity contribution is 6.06. The Labute approximate surface area is 141 Å². The molecule has 0 atom stereocenters. The first-order chi connectivity index (χ1) is 11.7. The topological polar surface area (TPSA) is 51.5 Å². The van der Waals surface area contributed by atoms with E-state index in [1.165, 1.54) is 0 Å². The molecule has 0 aliphatic rings. The van der Waals surface area contributed by atoms with Crippen LogP contribution in [0, 0.1) is 6.92 Å². The third-order valence-electron chi connectivity index (χ3n) is 3.93. The van der Waals surface area contributed by atoms with Crippen LogP contribution < -0.4 is 10.1 Å². The summed E-state index contributed by atoms with van der Waals surface area (Å²) < 4.78 is 11.3. The summed E-state index contributed by atoms with van der Waals surface area (Å²) >= 11 is 0. The quantitative estimate of drug-likeness (QED) is 0.636. The Balaban J connectivity index is 1.70. The lowest BCUT2D eigenvalue weighted by atomic mass is 10.1. The van der Waals surface area contributed by atoms with E-state index in [-0.39, 0.29) is 5.91 Å². The molecule has 0 saturated carbocycles. The van der Waals surface area contributed by atoms with Crippen molar-refractivity contribution in [2.75, 3.05) is 11.9 Å². The number of ether oxygens (including phenoxy) is 1. The van der Waals surface area contributed by atoms with Gasteiger partial charge >= 0.3 is 0 Å². The highest BCUT2D eigenvalue weighted by Gasteiger charge is 2.17. The van der Waals surface area contributed by atoms with Crippen molar-refractivity contribution in [2.24, 2.45) is 0 Å². The zero-order chi connectivity index (χ0) is 16.9. The lowest BCUT2D eigenvalue weighted by molar-refractivity contribution is 0.0998. The van der Waals surface area contributed by atoms with Gasteiger partial charge in [-0.25, -0.2) is 0 Å². The standard InChI is InChI=1S/C20H21NO3/c1-3-4-13-23-16-11-9-15(10-12-16)21-20(22)19-14(2)17-7-5-6-8-18(17)24-19/h5-12H,3-4,13H2,1-2H3,(H,21,22). The molecule has 0 aliphatic carbocycles. The van der Waals surface area contributed by atoms with E-state index in [9.17, 15) is 4.79 Å². The van der Waals surface area contributed by atoms with E-state index in [0.29, 0.717) is 18.1 Å². The van der Waals surface area contributed by atoms with Crippen LogP contribution in [0.25, 0.3) is 11.0 Å². The van der Waals surface area contributed by atoms with Crippen LogP contribution in [-0.4, -0.2) is 12.5 Å². The maximum atomic E-state index is 12.5. The van der Waals surface area contributed by atoms with Crippen molar-refractivity contribution in [2.45, 2.75) is 26.7 Å².